The van der Waals surface area contributed by atoms with E-state index >= 15 is 0 Å². The Balaban J connectivity index is 2.41. The van der Waals surface area contributed by atoms with Crippen molar-refractivity contribution in [2.75, 3.05) is 26.3 Å². The van der Waals surface area contributed by atoms with Gasteiger partial charge in [0.2, 0.25) is 10.0 Å². The minimum atomic E-state index is -3.55. The van der Waals surface area contributed by atoms with Crippen LogP contribution in [0.5, 0.6) is 0 Å². The average molecular weight is 280 g/mol. The molecule has 2 rings (SSSR count). The second-order valence-corrected chi connectivity index (χ2v) is 6.37. The lowest BCUT2D eigenvalue weighted by Crippen LogP contribution is -2.33. The molecule has 1 aromatic rings. The van der Waals surface area contributed by atoms with Gasteiger partial charge in [0.1, 0.15) is 0 Å². The first-order valence-electron chi connectivity index (χ1n) is 6.14. The molecule has 1 saturated heterocycles. The largest absolute Gasteiger partial charge is 0.380 e. The summed E-state index contributed by atoms with van der Waals surface area (Å²) < 4.78 is 31.9. The Morgan fingerprint density at radius 2 is 2.11 bits per heavy atom. The van der Waals surface area contributed by atoms with Crippen LogP contribution in [0.2, 0.25) is 0 Å². The minimum Gasteiger partial charge on any atom is -0.380 e. The highest BCUT2D eigenvalue weighted by atomic mass is 32.2. The van der Waals surface area contributed by atoms with Gasteiger partial charge >= 0.3 is 0 Å². The molecule has 1 aromatic carbocycles. The van der Waals surface area contributed by atoms with Gasteiger partial charge in [-0.3, -0.25) is 0 Å². The fourth-order valence-electron chi connectivity index (χ4n) is 2.05. The second kappa shape index (κ2) is 5.70. The molecule has 0 atom stereocenters. The number of rotatable bonds is 2. The fraction of sp³-hybridized carbons (Fsp3) is 0.462. The van der Waals surface area contributed by atoms with Crippen molar-refractivity contribution in [3.8, 4) is 6.07 Å². The van der Waals surface area contributed by atoms with Gasteiger partial charge in [-0.05, 0) is 31.0 Å². The highest BCUT2D eigenvalue weighted by molar-refractivity contribution is 7.89. The van der Waals surface area contributed by atoms with Gasteiger partial charge in [0.05, 0.1) is 23.1 Å². The molecule has 19 heavy (non-hydrogen) atoms. The lowest BCUT2D eigenvalue weighted by Gasteiger charge is -2.20. The number of ether oxygens (including phenoxy) is 1. The van der Waals surface area contributed by atoms with Crippen LogP contribution in [0.3, 0.4) is 0 Å². The van der Waals surface area contributed by atoms with Crippen molar-refractivity contribution in [2.24, 2.45) is 0 Å². The minimum absolute atomic E-state index is 0.216. The monoisotopic (exact) mass is 280 g/mol. The van der Waals surface area contributed by atoms with E-state index in [4.69, 9.17) is 10.00 Å². The van der Waals surface area contributed by atoms with Gasteiger partial charge in [-0.1, -0.05) is 6.07 Å². The standard InChI is InChI=1S/C13H16N2O3S/c1-11-3-4-12(10-14)9-13(11)19(16,17)15-5-2-7-18-8-6-15/h3-4,9H,2,5-8H2,1H3. The van der Waals surface area contributed by atoms with Crippen LogP contribution in [0.25, 0.3) is 0 Å². The Labute approximate surface area is 113 Å². The zero-order valence-electron chi connectivity index (χ0n) is 10.8. The molecular formula is C13H16N2O3S. The number of hydrogen-bond donors (Lipinski definition) is 0. The smallest absolute Gasteiger partial charge is 0.243 e. The number of benzene rings is 1. The quantitative estimate of drug-likeness (QED) is 0.818. The summed E-state index contributed by atoms with van der Waals surface area (Å²) in [5.41, 5.74) is 1.01. The van der Waals surface area contributed by atoms with E-state index in [-0.39, 0.29) is 4.90 Å². The van der Waals surface area contributed by atoms with Gasteiger partial charge < -0.3 is 4.74 Å². The molecule has 0 saturated carbocycles. The zero-order valence-corrected chi connectivity index (χ0v) is 11.6. The first kappa shape index (κ1) is 14.0. The third-order valence-corrected chi connectivity index (χ3v) is 5.16. The number of nitriles is 1. The van der Waals surface area contributed by atoms with Crippen LogP contribution in [0, 0.1) is 18.3 Å². The summed E-state index contributed by atoms with van der Waals surface area (Å²) in [4.78, 5) is 0.216. The Bertz CT molecular complexity index is 597. The molecule has 102 valence electrons. The molecule has 1 fully saturated rings. The SMILES string of the molecule is Cc1ccc(C#N)cc1S(=O)(=O)N1CCCOCC1. The number of nitrogens with zero attached hydrogens (tertiary/aromatic N) is 2. The third-order valence-electron chi connectivity index (χ3n) is 3.12. The molecule has 0 bridgehead atoms. The summed E-state index contributed by atoms with van der Waals surface area (Å²) in [5, 5.41) is 8.90. The van der Waals surface area contributed by atoms with Crippen molar-refractivity contribution in [2.45, 2.75) is 18.2 Å². The molecule has 1 aliphatic heterocycles. The Morgan fingerprint density at radius 3 is 2.84 bits per heavy atom. The first-order valence-corrected chi connectivity index (χ1v) is 7.58. The van der Waals surface area contributed by atoms with E-state index in [0.29, 0.717) is 43.9 Å². The predicted molar refractivity (Wildman–Crippen MR) is 70.1 cm³/mol. The van der Waals surface area contributed by atoms with Crippen molar-refractivity contribution in [1.29, 1.82) is 5.26 Å². The topological polar surface area (TPSA) is 70.4 Å². The van der Waals surface area contributed by atoms with Crippen LogP contribution in [-0.4, -0.2) is 39.0 Å². The summed E-state index contributed by atoms with van der Waals surface area (Å²) in [6.45, 7) is 3.55. The van der Waals surface area contributed by atoms with Crippen LogP contribution in [0.15, 0.2) is 23.1 Å². The van der Waals surface area contributed by atoms with E-state index in [9.17, 15) is 8.42 Å². The van der Waals surface area contributed by atoms with Crippen molar-refractivity contribution in [3.63, 3.8) is 0 Å². The molecule has 0 unspecified atom stereocenters. The molecule has 1 heterocycles. The van der Waals surface area contributed by atoms with Crippen LogP contribution in [-0.2, 0) is 14.8 Å². The molecule has 0 amide bonds. The number of hydrogen-bond acceptors (Lipinski definition) is 4. The van der Waals surface area contributed by atoms with Crippen LogP contribution in [0.4, 0.5) is 0 Å². The lowest BCUT2D eigenvalue weighted by atomic mass is 10.2. The average Bonchev–Trinajstić information content (AvgIpc) is 2.68. The van der Waals surface area contributed by atoms with Crippen molar-refractivity contribution >= 4 is 10.0 Å². The van der Waals surface area contributed by atoms with Gasteiger partial charge in [-0.25, -0.2) is 8.42 Å². The Kier molecular flexibility index (Phi) is 4.20. The summed E-state index contributed by atoms with van der Waals surface area (Å²) >= 11 is 0. The normalized spacial score (nSPS) is 17.7. The highest BCUT2D eigenvalue weighted by Gasteiger charge is 2.27. The molecule has 1 aliphatic rings. The van der Waals surface area contributed by atoms with Gasteiger partial charge in [-0.2, -0.15) is 9.57 Å². The maximum Gasteiger partial charge on any atom is 0.243 e. The predicted octanol–water partition coefficient (Wildman–Crippen LogP) is 1.28. The van der Waals surface area contributed by atoms with Crippen molar-refractivity contribution in [3.05, 3.63) is 29.3 Å². The summed E-state index contributed by atoms with van der Waals surface area (Å²) in [7, 11) is -3.55. The maximum atomic E-state index is 12.6. The highest BCUT2D eigenvalue weighted by Crippen LogP contribution is 2.22. The van der Waals surface area contributed by atoms with Crippen LogP contribution >= 0.6 is 0 Å². The molecule has 5 nitrogen and oxygen atoms in total. The van der Waals surface area contributed by atoms with Gasteiger partial charge in [0, 0.05) is 19.7 Å². The molecule has 0 aromatic heterocycles. The summed E-state index contributed by atoms with van der Waals surface area (Å²) in [6.07, 6.45) is 0.691. The molecule has 0 aliphatic carbocycles. The fourth-order valence-corrected chi connectivity index (χ4v) is 3.76. The van der Waals surface area contributed by atoms with Crippen LogP contribution in [0.1, 0.15) is 17.5 Å². The lowest BCUT2D eigenvalue weighted by molar-refractivity contribution is 0.148. The van der Waals surface area contributed by atoms with Gasteiger partial charge in [0.15, 0.2) is 0 Å². The van der Waals surface area contributed by atoms with Crippen LogP contribution < -0.4 is 0 Å². The third kappa shape index (κ3) is 2.95. The number of sulfonamides is 1. The van der Waals surface area contributed by atoms with E-state index < -0.39 is 10.0 Å². The van der Waals surface area contributed by atoms with E-state index in [0.717, 1.165) is 0 Å². The Hall–Kier alpha value is -1.42. The molecule has 0 spiro atoms. The molecular weight excluding hydrogens is 264 g/mol. The van der Waals surface area contributed by atoms with Gasteiger partial charge in [-0.15, -0.1) is 0 Å². The van der Waals surface area contributed by atoms with E-state index in [2.05, 4.69) is 0 Å². The van der Waals surface area contributed by atoms with Gasteiger partial charge in [0.25, 0.3) is 0 Å². The molecule has 6 heteroatoms. The van der Waals surface area contributed by atoms with Crippen molar-refractivity contribution in [1.82, 2.24) is 4.31 Å². The maximum absolute atomic E-state index is 12.6. The van der Waals surface area contributed by atoms with E-state index in [1.54, 1.807) is 19.1 Å². The molecule has 0 N–H and O–H groups in total. The summed E-state index contributed by atoms with van der Waals surface area (Å²) in [6, 6.07) is 6.71. The Morgan fingerprint density at radius 1 is 1.32 bits per heavy atom. The number of aryl methyl sites for hydroxylation is 1. The second-order valence-electron chi connectivity index (χ2n) is 4.46. The first-order chi connectivity index (χ1) is 9.05. The van der Waals surface area contributed by atoms with Crippen molar-refractivity contribution < 1.29 is 13.2 Å². The summed E-state index contributed by atoms with van der Waals surface area (Å²) in [5.74, 6) is 0. The van der Waals surface area contributed by atoms with E-state index in [1.165, 1.54) is 10.4 Å². The molecule has 0 radical (unpaired) electrons. The zero-order chi connectivity index (χ0) is 13.9. The van der Waals surface area contributed by atoms with E-state index in [1.807, 2.05) is 6.07 Å².